The predicted molar refractivity (Wildman–Crippen MR) is 87.5 cm³/mol. The molecule has 1 aromatic carbocycles. The van der Waals surface area contributed by atoms with Gasteiger partial charge in [-0.3, -0.25) is 0 Å². The standard InChI is InChI=1S/C15H22BrClO4/c1-18-6-7-19-8-9-20-10-11-21-15(12-16)13-4-2-3-5-14(13)17/h2-5,15H,6-12H2,1H3. The van der Waals surface area contributed by atoms with E-state index in [-0.39, 0.29) is 6.10 Å². The summed E-state index contributed by atoms with van der Waals surface area (Å²) in [7, 11) is 1.65. The minimum Gasteiger partial charge on any atom is -0.382 e. The van der Waals surface area contributed by atoms with Gasteiger partial charge >= 0.3 is 0 Å². The third kappa shape index (κ3) is 8.14. The zero-order chi connectivity index (χ0) is 15.3. The van der Waals surface area contributed by atoms with Gasteiger partial charge < -0.3 is 18.9 Å². The van der Waals surface area contributed by atoms with E-state index in [0.717, 1.165) is 10.6 Å². The smallest absolute Gasteiger partial charge is 0.0937 e. The molecule has 0 N–H and O–H groups in total. The van der Waals surface area contributed by atoms with Crippen molar-refractivity contribution in [3.63, 3.8) is 0 Å². The number of halogens is 2. The summed E-state index contributed by atoms with van der Waals surface area (Å²) in [5, 5.41) is 1.41. The molecule has 120 valence electrons. The molecular weight excluding hydrogens is 360 g/mol. The van der Waals surface area contributed by atoms with E-state index in [1.807, 2.05) is 24.3 Å². The van der Waals surface area contributed by atoms with E-state index in [2.05, 4.69) is 15.9 Å². The summed E-state index contributed by atoms with van der Waals surface area (Å²) in [6.07, 6.45) is -0.0692. The molecule has 0 amide bonds. The minimum absolute atomic E-state index is 0.0692. The summed E-state index contributed by atoms with van der Waals surface area (Å²) in [6, 6.07) is 7.69. The molecule has 0 aliphatic carbocycles. The van der Waals surface area contributed by atoms with Crippen molar-refractivity contribution in [3.8, 4) is 0 Å². The summed E-state index contributed by atoms with van der Waals surface area (Å²) < 4.78 is 21.4. The molecule has 1 atom stereocenters. The quantitative estimate of drug-likeness (QED) is 0.410. The first-order valence-electron chi connectivity index (χ1n) is 6.86. The number of alkyl halides is 1. The molecule has 21 heavy (non-hydrogen) atoms. The van der Waals surface area contributed by atoms with Gasteiger partial charge in [-0.1, -0.05) is 45.7 Å². The molecule has 0 saturated carbocycles. The Balaban J connectivity index is 2.12. The Kier molecular flexibility index (Phi) is 11.1. The molecule has 0 radical (unpaired) electrons. The zero-order valence-corrected chi connectivity index (χ0v) is 14.6. The molecule has 4 nitrogen and oxygen atoms in total. The van der Waals surface area contributed by atoms with Crippen molar-refractivity contribution in [1.29, 1.82) is 0 Å². The van der Waals surface area contributed by atoms with Crippen LogP contribution in [0.1, 0.15) is 11.7 Å². The Hall–Kier alpha value is -0.170. The molecule has 0 saturated heterocycles. The van der Waals surface area contributed by atoms with Crippen molar-refractivity contribution >= 4 is 27.5 Å². The summed E-state index contributed by atoms with van der Waals surface area (Å²) in [4.78, 5) is 0. The predicted octanol–water partition coefficient (Wildman–Crippen LogP) is 3.47. The number of methoxy groups -OCH3 is 1. The Bertz CT molecular complexity index is 378. The van der Waals surface area contributed by atoms with Crippen LogP contribution in [-0.2, 0) is 18.9 Å². The molecule has 0 aromatic heterocycles. The number of hydrogen-bond donors (Lipinski definition) is 0. The molecule has 0 spiro atoms. The highest BCUT2D eigenvalue weighted by Gasteiger charge is 2.13. The topological polar surface area (TPSA) is 36.9 Å². The number of benzene rings is 1. The second-order valence-electron chi connectivity index (χ2n) is 4.25. The fourth-order valence-electron chi connectivity index (χ4n) is 1.67. The van der Waals surface area contributed by atoms with Crippen molar-refractivity contribution in [2.24, 2.45) is 0 Å². The van der Waals surface area contributed by atoms with Crippen LogP contribution in [0.5, 0.6) is 0 Å². The highest BCUT2D eigenvalue weighted by Crippen LogP contribution is 2.26. The van der Waals surface area contributed by atoms with Crippen molar-refractivity contribution < 1.29 is 18.9 Å². The third-order valence-electron chi connectivity index (χ3n) is 2.74. The minimum atomic E-state index is -0.0692. The van der Waals surface area contributed by atoms with Crippen LogP contribution in [-0.4, -0.2) is 52.1 Å². The Morgan fingerprint density at radius 1 is 1.00 bits per heavy atom. The van der Waals surface area contributed by atoms with Gasteiger partial charge in [-0.15, -0.1) is 0 Å². The van der Waals surface area contributed by atoms with Gasteiger partial charge in [0.1, 0.15) is 0 Å². The van der Waals surface area contributed by atoms with E-state index >= 15 is 0 Å². The van der Waals surface area contributed by atoms with Gasteiger partial charge in [0.25, 0.3) is 0 Å². The van der Waals surface area contributed by atoms with E-state index in [0.29, 0.717) is 45.0 Å². The molecule has 1 rings (SSSR count). The molecule has 0 heterocycles. The van der Waals surface area contributed by atoms with Gasteiger partial charge in [0.15, 0.2) is 0 Å². The highest BCUT2D eigenvalue weighted by molar-refractivity contribution is 9.09. The maximum Gasteiger partial charge on any atom is 0.0937 e. The second kappa shape index (κ2) is 12.4. The summed E-state index contributed by atoms with van der Waals surface area (Å²) in [5.74, 6) is 0. The van der Waals surface area contributed by atoms with E-state index < -0.39 is 0 Å². The van der Waals surface area contributed by atoms with Crippen molar-refractivity contribution in [3.05, 3.63) is 34.9 Å². The van der Waals surface area contributed by atoms with Crippen molar-refractivity contribution in [1.82, 2.24) is 0 Å². The van der Waals surface area contributed by atoms with Gasteiger partial charge in [-0.2, -0.15) is 0 Å². The maximum atomic E-state index is 6.16. The van der Waals surface area contributed by atoms with Gasteiger partial charge in [0.05, 0.1) is 45.7 Å². The number of ether oxygens (including phenoxy) is 4. The third-order valence-corrected chi connectivity index (χ3v) is 3.68. The fraction of sp³-hybridized carbons (Fsp3) is 0.600. The summed E-state index contributed by atoms with van der Waals surface area (Å²) in [6.45, 7) is 3.36. The van der Waals surface area contributed by atoms with Crippen LogP contribution in [0.4, 0.5) is 0 Å². The van der Waals surface area contributed by atoms with Crippen molar-refractivity contribution in [2.45, 2.75) is 6.10 Å². The van der Waals surface area contributed by atoms with Gasteiger partial charge in [-0.25, -0.2) is 0 Å². The lowest BCUT2D eigenvalue weighted by molar-refractivity contribution is -0.0112. The molecule has 0 aliphatic rings. The molecule has 0 aliphatic heterocycles. The largest absolute Gasteiger partial charge is 0.382 e. The number of hydrogen-bond acceptors (Lipinski definition) is 4. The Labute approximate surface area is 139 Å². The van der Waals surface area contributed by atoms with Crippen molar-refractivity contribution in [2.75, 3.05) is 52.1 Å². The van der Waals surface area contributed by atoms with Gasteiger partial charge in [-0.05, 0) is 6.07 Å². The van der Waals surface area contributed by atoms with E-state index in [9.17, 15) is 0 Å². The molecule has 1 aromatic rings. The first kappa shape index (κ1) is 18.9. The van der Waals surface area contributed by atoms with E-state index in [1.54, 1.807) is 7.11 Å². The van der Waals surface area contributed by atoms with Gasteiger partial charge in [0.2, 0.25) is 0 Å². The Morgan fingerprint density at radius 2 is 1.62 bits per heavy atom. The molecule has 6 heteroatoms. The summed E-state index contributed by atoms with van der Waals surface area (Å²) >= 11 is 9.61. The van der Waals surface area contributed by atoms with Crippen LogP contribution in [0.2, 0.25) is 5.02 Å². The van der Waals surface area contributed by atoms with Crippen LogP contribution < -0.4 is 0 Å². The van der Waals surface area contributed by atoms with Gasteiger partial charge in [0, 0.05) is 23.0 Å². The fourth-order valence-corrected chi connectivity index (χ4v) is 2.46. The van der Waals surface area contributed by atoms with Crippen LogP contribution in [0.15, 0.2) is 24.3 Å². The van der Waals surface area contributed by atoms with Crippen LogP contribution in [0, 0.1) is 0 Å². The van der Waals surface area contributed by atoms with Crippen LogP contribution >= 0.6 is 27.5 Å². The molecule has 0 fully saturated rings. The first-order chi connectivity index (χ1) is 10.3. The molecule has 1 unspecified atom stereocenters. The van der Waals surface area contributed by atoms with Crippen LogP contribution in [0.3, 0.4) is 0 Å². The molecular formula is C15H22BrClO4. The number of rotatable bonds is 12. The SMILES string of the molecule is COCCOCCOCCOC(CBr)c1ccccc1Cl. The zero-order valence-electron chi connectivity index (χ0n) is 12.2. The van der Waals surface area contributed by atoms with Crippen LogP contribution in [0.25, 0.3) is 0 Å². The lowest BCUT2D eigenvalue weighted by atomic mass is 10.1. The van der Waals surface area contributed by atoms with E-state index in [1.165, 1.54) is 0 Å². The highest BCUT2D eigenvalue weighted by atomic mass is 79.9. The lowest BCUT2D eigenvalue weighted by Crippen LogP contribution is -2.14. The first-order valence-corrected chi connectivity index (χ1v) is 8.36. The Morgan fingerprint density at radius 3 is 2.24 bits per heavy atom. The molecule has 0 bridgehead atoms. The maximum absolute atomic E-state index is 6.16. The average Bonchev–Trinajstić information content (AvgIpc) is 2.50. The average molecular weight is 382 g/mol. The lowest BCUT2D eigenvalue weighted by Gasteiger charge is -2.17. The normalized spacial score (nSPS) is 12.5. The van der Waals surface area contributed by atoms with E-state index in [4.69, 9.17) is 30.5 Å². The summed E-state index contributed by atoms with van der Waals surface area (Å²) in [5.41, 5.74) is 0.985. The second-order valence-corrected chi connectivity index (χ2v) is 5.31. The monoisotopic (exact) mass is 380 g/mol.